The lowest BCUT2D eigenvalue weighted by molar-refractivity contribution is -0.135. The van der Waals surface area contributed by atoms with E-state index in [0.29, 0.717) is 23.3 Å². The molecule has 36 heavy (non-hydrogen) atoms. The van der Waals surface area contributed by atoms with Gasteiger partial charge in [0.1, 0.15) is 11.7 Å². The molecule has 6 atom stereocenters. The van der Waals surface area contributed by atoms with Gasteiger partial charge in [-0.1, -0.05) is 78.9 Å². The minimum absolute atomic E-state index is 0.121. The molecule has 0 unspecified atom stereocenters. The van der Waals surface area contributed by atoms with Crippen molar-refractivity contribution in [3.8, 4) is 5.75 Å². The average molecular weight is 476 g/mol. The summed E-state index contributed by atoms with van der Waals surface area (Å²) in [7, 11) is 0. The van der Waals surface area contributed by atoms with Crippen molar-refractivity contribution in [1.29, 1.82) is 0 Å². The van der Waals surface area contributed by atoms with Crippen LogP contribution < -0.4 is 9.64 Å². The fourth-order valence-corrected chi connectivity index (χ4v) is 6.83. The number of carbonyl (C=O) groups excluding carboxylic acids is 3. The van der Waals surface area contributed by atoms with Gasteiger partial charge in [-0.15, -0.1) is 0 Å². The zero-order valence-corrected chi connectivity index (χ0v) is 19.6. The highest BCUT2D eigenvalue weighted by molar-refractivity contribution is 6.22. The maximum atomic E-state index is 13.5. The van der Waals surface area contributed by atoms with Crippen LogP contribution in [0.4, 0.5) is 5.69 Å². The van der Waals surface area contributed by atoms with Gasteiger partial charge in [0.2, 0.25) is 11.8 Å². The van der Waals surface area contributed by atoms with Crippen LogP contribution in [0.1, 0.15) is 23.5 Å². The van der Waals surface area contributed by atoms with E-state index in [9.17, 15) is 14.4 Å². The first-order valence-corrected chi connectivity index (χ1v) is 12.6. The molecule has 5 aliphatic rings. The van der Waals surface area contributed by atoms with Crippen LogP contribution in [0.3, 0.4) is 0 Å². The number of allylic oxidation sites excluding steroid dienone is 2. The highest BCUT2D eigenvalue weighted by atomic mass is 16.5. The highest BCUT2D eigenvalue weighted by Gasteiger charge is 2.67. The lowest BCUT2D eigenvalue weighted by atomic mass is 9.63. The molecule has 1 saturated heterocycles. The third-order valence-electron chi connectivity index (χ3n) is 8.46. The van der Waals surface area contributed by atoms with Crippen LogP contribution in [0.25, 0.3) is 0 Å². The van der Waals surface area contributed by atoms with Crippen LogP contribution >= 0.6 is 0 Å². The summed E-state index contributed by atoms with van der Waals surface area (Å²) in [6.07, 6.45) is 5.46. The van der Waals surface area contributed by atoms with Gasteiger partial charge in [0.15, 0.2) is 0 Å². The number of amides is 2. The molecule has 0 N–H and O–H groups in total. The summed E-state index contributed by atoms with van der Waals surface area (Å²) in [5.41, 5.74) is 2.13. The fraction of sp³-hybridized carbons (Fsp3) is 0.258. The van der Waals surface area contributed by atoms with Crippen LogP contribution in [0.2, 0.25) is 0 Å². The Morgan fingerprint density at radius 3 is 1.86 bits per heavy atom. The normalized spacial score (nSPS) is 29.3. The summed E-state index contributed by atoms with van der Waals surface area (Å²) in [5.74, 6) is -0.0118. The fourth-order valence-electron chi connectivity index (χ4n) is 6.83. The first kappa shape index (κ1) is 21.3. The molecular weight excluding hydrogens is 450 g/mol. The van der Waals surface area contributed by atoms with Crippen molar-refractivity contribution in [2.45, 2.75) is 12.3 Å². The van der Waals surface area contributed by atoms with Crippen molar-refractivity contribution in [1.82, 2.24) is 0 Å². The summed E-state index contributed by atoms with van der Waals surface area (Å²) >= 11 is 0. The molecule has 0 radical (unpaired) electrons. The molecule has 2 bridgehead atoms. The molecule has 0 aromatic heterocycles. The maximum Gasteiger partial charge on any atom is 0.323 e. The molecule has 5 nitrogen and oxygen atoms in total. The number of ether oxygens (including phenoxy) is 1. The minimum atomic E-state index is -0.595. The zero-order valence-electron chi connectivity index (χ0n) is 19.6. The Balaban J connectivity index is 1.17. The van der Waals surface area contributed by atoms with Crippen molar-refractivity contribution in [3.05, 3.63) is 108 Å². The predicted octanol–water partition coefficient (Wildman–Crippen LogP) is 4.98. The molecule has 3 aromatic carbocycles. The molecule has 3 fully saturated rings. The first-order valence-electron chi connectivity index (χ1n) is 12.6. The lowest BCUT2D eigenvalue weighted by Crippen LogP contribution is -2.40. The second kappa shape index (κ2) is 8.02. The average Bonchev–Trinajstić information content (AvgIpc) is 3.68. The smallest absolute Gasteiger partial charge is 0.323 e. The van der Waals surface area contributed by atoms with Crippen LogP contribution in [0, 0.1) is 35.5 Å². The molecule has 4 aliphatic carbocycles. The summed E-state index contributed by atoms with van der Waals surface area (Å²) in [6.45, 7) is 0. The number of hydrogen-bond acceptors (Lipinski definition) is 4. The van der Waals surface area contributed by atoms with E-state index in [1.165, 1.54) is 4.90 Å². The number of anilines is 1. The molecular formula is C31H25NO4. The van der Waals surface area contributed by atoms with E-state index in [0.717, 1.165) is 17.5 Å². The molecule has 3 aromatic rings. The number of imide groups is 1. The van der Waals surface area contributed by atoms with E-state index < -0.39 is 11.9 Å². The van der Waals surface area contributed by atoms with Gasteiger partial charge in [0.05, 0.1) is 17.5 Å². The third-order valence-corrected chi connectivity index (χ3v) is 8.46. The van der Waals surface area contributed by atoms with Crippen molar-refractivity contribution >= 4 is 23.5 Å². The van der Waals surface area contributed by atoms with Crippen LogP contribution in [0.15, 0.2) is 97.1 Å². The molecule has 5 heteroatoms. The molecule has 2 saturated carbocycles. The third kappa shape index (κ3) is 3.19. The Morgan fingerprint density at radius 2 is 1.31 bits per heavy atom. The minimum Gasteiger partial charge on any atom is -0.426 e. The predicted molar refractivity (Wildman–Crippen MR) is 134 cm³/mol. The topological polar surface area (TPSA) is 63.7 Å². The van der Waals surface area contributed by atoms with Gasteiger partial charge in [-0.2, -0.15) is 0 Å². The van der Waals surface area contributed by atoms with Crippen LogP contribution in [-0.2, 0) is 14.4 Å². The van der Waals surface area contributed by atoms with Gasteiger partial charge in [0, 0.05) is 6.07 Å². The maximum absolute atomic E-state index is 13.5. The van der Waals surface area contributed by atoms with E-state index in [1.807, 2.05) is 60.7 Å². The van der Waals surface area contributed by atoms with Crippen LogP contribution in [-0.4, -0.2) is 17.8 Å². The summed E-state index contributed by atoms with van der Waals surface area (Å²) in [4.78, 5) is 41.7. The number of esters is 1. The number of nitrogens with zero attached hydrogens (tertiary/aromatic N) is 1. The lowest BCUT2D eigenvalue weighted by Gasteiger charge is -2.37. The largest absolute Gasteiger partial charge is 0.426 e. The van der Waals surface area contributed by atoms with Crippen LogP contribution in [0.5, 0.6) is 5.75 Å². The number of benzene rings is 3. The van der Waals surface area contributed by atoms with Gasteiger partial charge in [0.25, 0.3) is 0 Å². The number of hydrogen-bond donors (Lipinski definition) is 0. The van der Waals surface area contributed by atoms with Gasteiger partial charge in [-0.05, 0) is 53.4 Å². The number of carbonyl (C=O) groups is 3. The standard InChI is InChI=1S/C31H25NO4/c33-29-27-22-14-15-23(25-17-24(22)25)28(27)30(34)32(29)20-12-7-13-21(16-20)36-31(35)26(18-8-3-1-4-9-18)19-10-5-2-6-11-19/h1-16,22-28H,17H2/t22-,23-,24-,25+,27-,28+/m0/s1. The Kier molecular flexibility index (Phi) is 4.75. The van der Waals surface area contributed by atoms with Crippen molar-refractivity contribution < 1.29 is 19.1 Å². The molecule has 178 valence electrons. The second-order valence-corrected chi connectivity index (χ2v) is 10.3. The Hall–Kier alpha value is -3.99. The van der Waals surface area contributed by atoms with Crippen molar-refractivity contribution in [3.63, 3.8) is 0 Å². The van der Waals surface area contributed by atoms with E-state index in [-0.39, 0.29) is 35.5 Å². The summed E-state index contributed by atoms with van der Waals surface area (Å²) in [5, 5.41) is 0. The van der Waals surface area contributed by atoms with Crippen molar-refractivity contribution in [2.24, 2.45) is 35.5 Å². The van der Waals surface area contributed by atoms with E-state index in [1.54, 1.807) is 24.3 Å². The van der Waals surface area contributed by atoms with E-state index in [4.69, 9.17) is 4.74 Å². The highest BCUT2D eigenvalue weighted by Crippen LogP contribution is 2.65. The summed E-state index contributed by atoms with van der Waals surface area (Å²) < 4.78 is 5.85. The monoisotopic (exact) mass is 475 g/mol. The summed E-state index contributed by atoms with van der Waals surface area (Å²) in [6, 6.07) is 25.8. The Labute approximate surface area is 209 Å². The SMILES string of the molecule is O=C(Oc1cccc(N2C(=O)[C@@H]3[C@H]4C=C[C@@H]([C@@H]5C[C@H]45)[C@@H]3C2=O)c1)C(c1ccccc1)c1ccccc1. The molecule has 2 amide bonds. The van der Waals surface area contributed by atoms with Crippen molar-refractivity contribution in [2.75, 3.05) is 4.90 Å². The number of rotatable bonds is 5. The zero-order chi connectivity index (χ0) is 24.4. The molecule has 8 rings (SSSR count). The molecule has 1 heterocycles. The first-order chi connectivity index (χ1) is 17.6. The van der Waals surface area contributed by atoms with E-state index >= 15 is 0 Å². The molecule has 0 spiro atoms. The van der Waals surface area contributed by atoms with Gasteiger partial charge >= 0.3 is 5.97 Å². The second-order valence-electron chi connectivity index (χ2n) is 10.3. The van der Waals surface area contributed by atoms with E-state index in [2.05, 4.69) is 12.2 Å². The van der Waals surface area contributed by atoms with Gasteiger partial charge in [-0.3, -0.25) is 14.4 Å². The van der Waals surface area contributed by atoms with Gasteiger partial charge in [-0.25, -0.2) is 4.90 Å². The quantitative estimate of drug-likeness (QED) is 0.226. The van der Waals surface area contributed by atoms with Gasteiger partial charge < -0.3 is 4.74 Å². The Bertz CT molecular complexity index is 1320. The Morgan fingerprint density at radius 1 is 0.750 bits per heavy atom. The molecule has 1 aliphatic heterocycles.